The minimum Gasteiger partial charge on any atom is -0.383 e. The Morgan fingerprint density at radius 3 is 2.64 bits per heavy atom. The van der Waals surface area contributed by atoms with Gasteiger partial charge in [-0.05, 0) is 26.3 Å². The highest BCUT2D eigenvalue weighted by Crippen LogP contribution is 2.22. The number of likely N-dealkylation sites (N-methyl/N-ethyl adjacent to an activating group) is 1. The van der Waals surface area contributed by atoms with Crippen LogP contribution in [0.2, 0.25) is 0 Å². The van der Waals surface area contributed by atoms with Crippen molar-refractivity contribution in [3.8, 4) is 0 Å². The van der Waals surface area contributed by atoms with E-state index in [2.05, 4.69) is 22.2 Å². The minimum atomic E-state index is -0.238. The summed E-state index contributed by atoms with van der Waals surface area (Å²) in [6.07, 6.45) is 2.83. The quantitative estimate of drug-likeness (QED) is 0.756. The maximum Gasteiger partial charge on any atom is 0.287 e. The maximum atomic E-state index is 13.0. The van der Waals surface area contributed by atoms with Gasteiger partial charge < -0.3 is 24.4 Å². The summed E-state index contributed by atoms with van der Waals surface area (Å²) in [5, 5.41) is 2.81. The normalized spacial score (nSPS) is 18.1. The molecule has 2 aliphatic rings. The molecule has 2 aliphatic heterocycles. The monoisotopic (exact) mass is 349 g/mol. The minimum absolute atomic E-state index is 0.0466. The van der Waals surface area contributed by atoms with E-state index in [1.165, 1.54) is 0 Å². The predicted octanol–water partition coefficient (Wildman–Crippen LogP) is -0.0168. The van der Waals surface area contributed by atoms with Crippen LogP contribution in [-0.2, 0) is 17.7 Å². The summed E-state index contributed by atoms with van der Waals surface area (Å²) < 4.78 is 6.89. The summed E-state index contributed by atoms with van der Waals surface area (Å²) in [4.78, 5) is 34.0. The van der Waals surface area contributed by atoms with Gasteiger partial charge in [-0.15, -0.1) is 0 Å². The summed E-state index contributed by atoms with van der Waals surface area (Å²) in [6, 6.07) is 0. The summed E-state index contributed by atoms with van der Waals surface area (Å²) >= 11 is 0. The molecule has 0 radical (unpaired) electrons. The van der Waals surface area contributed by atoms with Crippen LogP contribution in [-0.4, -0.2) is 84.7 Å². The summed E-state index contributed by atoms with van der Waals surface area (Å²) in [6.45, 7) is 4.77. The molecule has 3 heterocycles. The van der Waals surface area contributed by atoms with E-state index in [0.717, 1.165) is 44.6 Å². The standard InChI is InChI=1S/C17H27N5O3/c1-20-8-10-21(11-9-20)17(24)14-13-5-3-4-7-22(13)15(19-14)16(23)18-6-12-25-2/h3-12H2,1-2H3,(H,18,23). The second kappa shape index (κ2) is 7.97. The van der Waals surface area contributed by atoms with Gasteiger partial charge in [0.05, 0.1) is 12.3 Å². The number of aromatic nitrogens is 2. The Labute approximate surface area is 148 Å². The van der Waals surface area contributed by atoms with Crippen LogP contribution in [0, 0.1) is 0 Å². The summed E-state index contributed by atoms with van der Waals surface area (Å²) in [5.41, 5.74) is 1.37. The van der Waals surface area contributed by atoms with Crippen LogP contribution in [0.5, 0.6) is 0 Å². The molecule has 1 aromatic heterocycles. The van der Waals surface area contributed by atoms with Gasteiger partial charge in [0.25, 0.3) is 11.8 Å². The Bertz CT molecular complexity index is 634. The smallest absolute Gasteiger partial charge is 0.287 e. The largest absolute Gasteiger partial charge is 0.383 e. The first kappa shape index (κ1) is 17.9. The van der Waals surface area contributed by atoms with Crippen molar-refractivity contribution in [3.05, 3.63) is 17.2 Å². The number of fused-ring (bicyclic) bond motifs is 1. The molecule has 0 unspecified atom stereocenters. The van der Waals surface area contributed by atoms with Gasteiger partial charge in [-0.25, -0.2) is 4.98 Å². The molecule has 2 amide bonds. The average Bonchev–Trinajstić information content (AvgIpc) is 3.02. The molecule has 1 fully saturated rings. The molecule has 0 bridgehead atoms. The van der Waals surface area contributed by atoms with Crippen LogP contribution in [0.15, 0.2) is 0 Å². The van der Waals surface area contributed by atoms with Crippen LogP contribution in [0.1, 0.15) is 39.6 Å². The van der Waals surface area contributed by atoms with Gasteiger partial charge in [-0.1, -0.05) is 0 Å². The van der Waals surface area contributed by atoms with E-state index in [-0.39, 0.29) is 11.8 Å². The zero-order valence-electron chi connectivity index (χ0n) is 15.1. The number of rotatable bonds is 5. The van der Waals surface area contributed by atoms with Crippen molar-refractivity contribution in [3.63, 3.8) is 0 Å². The summed E-state index contributed by atoms with van der Waals surface area (Å²) in [5.74, 6) is 0.0654. The van der Waals surface area contributed by atoms with Crippen LogP contribution >= 0.6 is 0 Å². The molecule has 25 heavy (non-hydrogen) atoms. The highest BCUT2D eigenvalue weighted by molar-refractivity contribution is 5.97. The number of amides is 2. The molecule has 0 saturated carbocycles. The third-order valence-electron chi connectivity index (χ3n) is 4.91. The number of hydrogen-bond acceptors (Lipinski definition) is 5. The molecule has 0 spiro atoms. The van der Waals surface area contributed by atoms with E-state index < -0.39 is 0 Å². The maximum absolute atomic E-state index is 13.0. The van der Waals surface area contributed by atoms with Gasteiger partial charge >= 0.3 is 0 Å². The van der Waals surface area contributed by atoms with Gasteiger partial charge in [0.1, 0.15) is 5.69 Å². The molecule has 8 heteroatoms. The number of ether oxygens (including phenoxy) is 1. The zero-order valence-corrected chi connectivity index (χ0v) is 15.1. The van der Waals surface area contributed by atoms with Crippen molar-refractivity contribution in [2.45, 2.75) is 25.8 Å². The molecular formula is C17H27N5O3. The first-order valence-electron chi connectivity index (χ1n) is 8.96. The topological polar surface area (TPSA) is 79.7 Å². The first-order chi connectivity index (χ1) is 12.1. The van der Waals surface area contributed by atoms with Crippen LogP contribution in [0.3, 0.4) is 0 Å². The Morgan fingerprint density at radius 1 is 1.16 bits per heavy atom. The van der Waals surface area contributed by atoms with E-state index in [1.807, 2.05) is 9.47 Å². The molecule has 0 aliphatic carbocycles. The number of piperazine rings is 1. The average molecular weight is 349 g/mol. The van der Waals surface area contributed by atoms with Crippen molar-refractivity contribution in [2.75, 3.05) is 53.5 Å². The zero-order chi connectivity index (χ0) is 17.8. The Morgan fingerprint density at radius 2 is 1.92 bits per heavy atom. The number of methoxy groups -OCH3 is 1. The molecule has 0 atom stereocenters. The van der Waals surface area contributed by atoms with Crippen LogP contribution < -0.4 is 5.32 Å². The van der Waals surface area contributed by atoms with E-state index >= 15 is 0 Å². The number of carbonyl (C=O) groups is 2. The Hall–Kier alpha value is -1.93. The molecule has 1 aromatic rings. The molecular weight excluding hydrogens is 322 g/mol. The van der Waals surface area contributed by atoms with Gasteiger partial charge in [0.2, 0.25) is 0 Å². The van der Waals surface area contributed by atoms with Crippen molar-refractivity contribution in [1.82, 2.24) is 24.7 Å². The molecule has 8 nitrogen and oxygen atoms in total. The van der Waals surface area contributed by atoms with E-state index in [4.69, 9.17) is 4.74 Å². The van der Waals surface area contributed by atoms with Gasteiger partial charge in [0, 0.05) is 46.4 Å². The lowest BCUT2D eigenvalue weighted by Crippen LogP contribution is -2.47. The highest BCUT2D eigenvalue weighted by atomic mass is 16.5. The second-order valence-corrected chi connectivity index (χ2v) is 6.68. The van der Waals surface area contributed by atoms with Crippen molar-refractivity contribution < 1.29 is 14.3 Å². The fourth-order valence-corrected chi connectivity index (χ4v) is 3.39. The molecule has 138 valence electrons. The van der Waals surface area contributed by atoms with Crippen molar-refractivity contribution in [2.24, 2.45) is 0 Å². The second-order valence-electron chi connectivity index (χ2n) is 6.68. The molecule has 0 aromatic carbocycles. The van der Waals surface area contributed by atoms with Gasteiger partial charge in [-0.3, -0.25) is 9.59 Å². The Balaban J connectivity index is 1.82. The van der Waals surface area contributed by atoms with Crippen molar-refractivity contribution in [1.29, 1.82) is 0 Å². The number of carbonyl (C=O) groups excluding carboxylic acids is 2. The third-order valence-corrected chi connectivity index (χ3v) is 4.91. The van der Waals surface area contributed by atoms with Gasteiger partial charge in [0.15, 0.2) is 5.82 Å². The first-order valence-corrected chi connectivity index (χ1v) is 8.96. The third kappa shape index (κ3) is 3.85. The Kier molecular flexibility index (Phi) is 5.70. The van der Waals surface area contributed by atoms with E-state index in [9.17, 15) is 9.59 Å². The van der Waals surface area contributed by atoms with Gasteiger partial charge in [-0.2, -0.15) is 0 Å². The number of imidazole rings is 1. The predicted molar refractivity (Wildman–Crippen MR) is 92.8 cm³/mol. The lowest BCUT2D eigenvalue weighted by atomic mass is 10.1. The molecule has 1 saturated heterocycles. The van der Waals surface area contributed by atoms with Crippen molar-refractivity contribution >= 4 is 11.8 Å². The summed E-state index contributed by atoms with van der Waals surface area (Å²) in [7, 11) is 3.65. The highest BCUT2D eigenvalue weighted by Gasteiger charge is 2.30. The SMILES string of the molecule is COCCNC(=O)c1nc(C(=O)N2CCN(C)CC2)c2n1CCCC2. The van der Waals surface area contributed by atoms with Crippen LogP contribution in [0.25, 0.3) is 0 Å². The number of nitrogens with one attached hydrogen (secondary N) is 1. The fourth-order valence-electron chi connectivity index (χ4n) is 3.39. The van der Waals surface area contributed by atoms with E-state index in [0.29, 0.717) is 37.8 Å². The fraction of sp³-hybridized carbons (Fsp3) is 0.706. The lowest BCUT2D eigenvalue weighted by molar-refractivity contribution is 0.0657. The van der Waals surface area contributed by atoms with E-state index in [1.54, 1.807) is 7.11 Å². The molecule has 3 rings (SSSR count). The number of nitrogens with zero attached hydrogens (tertiary/aromatic N) is 4. The van der Waals surface area contributed by atoms with Crippen LogP contribution in [0.4, 0.5) is 0 Å². The molecule has 1 N–H and O–H groups in total. The number of hydrogen-bond donors (Lipinski definition) is 1. The lowest BCUT2D eigenvalue weighted by Gasteiger charge is -2.32.